The number of hydrogen-bond donors (Lipinski definition) is 2. The lowest BCUT2D eigenvalue weighted by Gasteiger charge is -2.21. The SMILES string of the molecule is COCCc1ccccc1NC(=O)C1CCCCCC1N. The van der Waals surface area contributed by atoms with Crippen molar-refractivity contribution in [3.05, 3.63) is 29.8 Å². The number of rotatable bonds is 5. The minimum Gasteiger partial charge on any atom is -0.384 e. The molecule has 1 aromatic rings. The van der Waals surface area contributed by atoms with E-state index in [-0.39, 0.29) is 17.9 Å². The van der Waals surface area contributed by atoms with Gasteiger partial charge in [-0.1, -0.05) is 37.5 Å². The Balaban J connectivity index is 2.04. The van der Waals surface area contributed by atoms with Crippen molar-refractivity contribution in [1.29, 1.82) is 0 Å². The Morgan fingerprint density at radius 2 is 2.05 bits per heavy atom. The highest BCUT2D eigenvalue weighted by atomic mass is 16.5. The third kappa shape index (κ3) is 4.55. The lowest BCUT2D eigenvalue weighted by atomic mass is 9.94. The first-order valence-corrected chi connectivity index (χ1v) is 7.85. The third-order valence-corrected chi connectivity index (χ3v) is 4.26. The molecule has 2 atom stereocenters. The van der Waals surface area contributed by atoms with Crippen molar-refractivity contribution < 1.29 is 9.53 Å². The Bertz CT molecular complexity index is 462. The van der Waals surface area contributed by atoms with Crippen molar-refractivity contribution in [1.82, 2.24) is 0 Å². The fraction of sp³-hybridized carbons (Fsp3) is 0.588. The highest BCUT2D eigenvalue weighted by molar-refractivity contribution is 5.93. The molecule has 3 N–H and O–H groups in total. The number of benzene rings is 1. The predicted molar refractivity (Wildman–Crippen MR) is 85.2 cm³/mol. The number of amides is 1. The molecule has 2 unspecified atom stereocenters. The van der Waals surface area contributed by atoms with E-state index in [1.807, 2.05) is 24.3 Å². The summed E-state index contributed by atoms with van der Waals surface area (Å²) in [5, 5.41) is 3.07. The Kier molecular flexibility index (Phi) is 6.21. The summed E-state index contributed by atoms with van der Waals surface area (Å²) in [5.41, 5.74) is 8.16. The van der Waals surface area contributed by atoms with E-state index in [1.165, 1.54) is 6.42 Å². The van der Waals surface area contributed by atoms with E-state index in [1.54, 1.807) is 7.11 Å². The zero-order valence-corrected chi connectivity index (χ0v) is 12.8. The molecule has 1 fully saturated rings. The quantitative estimate of drug-likeness (QED) is 0.820. The van der Waals surface area contributed by atoms with Gasteiger partial charge in [0.05, 0.1) is 12.5 Å². The zero-order valence-electron chi connectivity index (χ0n) is 12.8. The molecule has 1 amide bonds. The zero-order chi connectivity index (χ0) is 15.1. The van der Waals surface area contributed by atoms with E-state index >= 15 is 0 Å². The molecule has 0 heterocycles. The number of anilines is 1. The molecule has 0 aromatic heterocycles. The monoisotopic (exact) mass is 290 g/mol. The number of hydrogen-bond acceptors (Lipinski definition) is 3. The third-order valence-electron chi connectivity index (χ3n) is 4.26. The summed E-state index contributed by atoms with van der Waals surface area (Å²) >= 11 is 0. The average molecular weight is 290 g/mol. The van der Waals surface area contributed by atoms with Gasteiger partial charge >= 0.3 is 0 Å². The van der Waals surface area contributed by atoms with Crippen LogP contribution in [0.25, 0.3) is 0 Å². The van der Waals surface area contributed by atoms with Gasteiger partial charge in [-0.05, 0) is 30.9 Å². The smallest absolute Gasteiger partial charge is 0.229 e. The van der Waals surface area contributed by atoms with Gasteiger partial charge < -0.3 is 15.8 Å². The van der Waals surface area contributed by atoms with E-state index in [0.29, 0.717) is 6.61 Å². The van der Waals surface area contributed by atoms with Crippen molar-refractivity contribution in [3.63, 3.8) is 0 Å². The molecule has 1 aliphatic rings. The van der Waals surface area contributed by atoms with Crippen LogP contribution in [0.3, 0.4) is 0 Å². The van der Waals surface area contributed by atoms with E-state index in [4.69, 9.17) is 10.5 Å². The standard InChI is InChI=1S/C17H26N2O2/c1-21-12-11-13-7-5-6-10-16(13)19-17(20)14-8-3-2-4-9-15(14)18/h5-7,10,14-15H,2-4,8-9,11-12,18H2,1H3,(H,19,20). The summed E-state index contributed by atoms with van der Waals surface area (Å²) in [5.74, 6) is -0.00255. The average Bonchev–Trinajstić information content (AvgIpc) is 2.71. The Morgan fingerprint density at radius 3 is 2.86 bits per heavy atom. The molecule has 0 aliphatic heterocycles. The molecule has 4 heteroatoms. The Labute approximate surface area is 127 Å². The van der Waals surface area contributed by atoms with Gasteiger partial charge in [-0.15, -0.1) is 0 Å². The Hall–Kier alpha value is -1.39. The van der Waals surface area contributed by atoms with Gasteiger partial charge in [-0.25, -0.2) is 0 Å². The van der Waals surface area contributed by atoms with E-state index in [9.17, 15) is 4.79 Å². The second kappa shape index (κ2) is 8.15. The first-order chi connectivity index (χ1) is 10.2. The number of carbonyl (C=O) groups is 1. The van der Waals surface area contributed by atoms with Crippen LogP contribution in [0, 0.1) is 5.92 Å². The summed E-state index contributed by atoms with van der Waals surface area (Å²) in [7, 11) is 1.69. The van der Waals surface area contributed by atoms with Crippen molar-refractivity contribution in [2.45, 2.75) is 44.6 Å². The van der Waals surface area contributed by atoms with E-state index < -0.39 is 0 Å². The number of para-hydroxylation sites is 1. The maximum atomic E-state index is 12.5. The van der Waals surface area contributed by atoms with Crippen molar-refractivity contribution >= 4 is 11.6 Å². The number of nitrogens with one attached hydrogen (secondary N) is 1. The molecule has 1 aliphatic carbocycles. The lowest BCUT2D eigenvalue weighted by Crippen LogP contribution is -2.38. The molecule has 1 aromatic carbocycles. The normalized spacial score (nSPS) is 22.6. The molecule has 1 saturated carbocycles. The van der Waals surface area contributed by atoms with Crippen LogP contribution in [-0.4, -0.2) is 25.7 Å². The predicted octanol–water partition coefficient (Wildman–Crippen LogP) is 2.72. The first kappa shape index (κ1) is 16.0. The van der Waals surface area contributed by atoms with Gasteiger partial charge in [-0.2, -0.15) is 0 Å². The van der Waals surface area contributed by atoms with Crippen LogP contribution in [0.2, 0.25) is 0 Å². The van der Waals surface area contributed by atoms with Gasteiger partial charge in [0, 0.05) is 18.8 Å². The van der Waals surface area contributed by atoms with Gasteiger partial charge in [0.25, 0.3) is 0 Å². The molecule has 2 rings (SSSR count). The topological polar surface area (TPSA) is 64.3 Å². The lowest BCUT2D eigenvalue weighted by molar-refractivity contribution is -0.120. The number of nitrogens with two attached hydrogens (primary N) is 1. The fourth-order valence-electron chi connectivity index (χ4n) is 2.96. The van der Waals surface area contributed by atoms with E-state index in [0.717, 1.165) is 43.4 Å². The largest absolute Gasteiger partial charge is 0.384 e. The summed E-state index contributed by atoms with van der Waals surface area (Å²) in [4.78, 5) is 12.5. The molecule has 0 bridgehead atoms. The van der Waals surface area contributed by atoms with Gasteiger partial charge in [0.15, 0.2) is 0 Å². The van der Waals surface area contributed by atoms with Gasteiger partial charge in [-0.3, -0.25) is 4.79 Å². The highest BCUT2D eigenvalue weighted by Crippen LogP contribution is 2.24. The second-order valence-corrected chi connectivity index (χ2v) is 5.80. The summed E-state index contributed by atoms with van der Waals surface area (Å²) in [6.07, 6.45) is 6.05. The van der Waals surface area contributed by atoms with Crippen LogP contribution in [0.5, 0.6) is 0 Å². The molecule has 0 spiro atoms. The number of ether oxygens (including phenoxy) is 1. The van der Waals surface area contributed by atoms with Gasteiger partial charge in [0.2, 0.25) is 5.91 Å². The van der Waals surface area contributed by atoms with Crippen LogP contribution in [0.1, 0.15) is 37.7 Å². The molecule has 4 nitrogen and oxygen atoms in total. The molecule has 0 saturated heterocycles. The Morgan fingerprint density at radius 1 is 1.29 bits per heavy atom. The van der Waals surface area contributed by atoms with Crippen LogP contribution in [0.15, 0.2) is 24.3 Å². The number of carbonyl (C=O) groups excluding carboxylic acids is 1. The molecule has 21 heavy (non-hydrogen) atoms. The van der Waals surface area contributed by atoms with Crippen molar-refractivity contribution in [2.75, 3.05) is 19.0 Å². The van der Waals surface area contributed by atoms with Crippen LogP contribution >= 0.6 is 0 Å². The van der Waals surface area contributed by atoms with E-state index in [2.05, 4.69) is 5.32 Å². The fourth-order valence-corrected chi connectivity index (χ4v) is 2.96. The van der Waals surface area contributed by atoms with Crippen LogP contribution in [0.4, 0.5) is 5.69 Å². The maximum absolute atomic E-state index is 12.5. The number of methoxy groups -OCH3 is 1. The van der Waals surface area contributed by atoms with Gasteiger partial charge in [0.1, 0.15) is 0 Å². The molecule has 116 valence electrons. The molecule has 0 radical (unpaired) electrons. The first-order valence-electron chi connectivity index (χ1n) is 7.85. The maximum Gasteiger partial charge on any atom is 0.229 e. The molecular weight excluding hydrogens is 264 g/mol. The summed E-state index contributed by atoms with van der Waals surface area (Å²) < 4.78 is 5.12. The van der Waals surface area contributed by atoms with Crippen molar-refractivity contribution in [2.24, 2.45) is 11.7 Å². The summed E-state index contributed by atoms with van der Waals surface area (Å²) in [6, 6.07) is 7.89. The summed E-state index contributed by atoms with van der Waals surface area (Å²) in [6.45, 7) is 0.649. The van der Waals surface area contributed by atoms with Crippen LogP contribution < -0.4 is 11.1 Å². The van der Waals surface area contributed by atoms with Crippen molar-refractivity contribution in [3.8, 4) is 0 Å². The minimum absolute atomic E-state index is 0.0152. The second-order valence-electron chi connectivity index (χ2n) is 5.80. The minimum atomic E-state index is -0.0667. The molecular formula is C17H26N2O2. The van der Waals surface area contributed by atoms with Crippen LogP contribution in [-0.2, 0) is 16.0 Å². The highest BCUT2D eigenvalue weighted by Gasteiger charge is 2.27.